The molecule has 6 heteroatoms. The van der Waals surface area contributed by atoms with Crippen molar-refractivity contribution in [1.29, 1.82) is 0 Å². The van der Waals surface area contributed by atoms with E-state index in [0.717, 1.165) is 19.0 Å². The van der Waals surface area contributed by atoms with Crippen LogP contribution in [-0.4, -0.2) is 19.2 Å². The molecular formula is C11H13ClF3NO. The first kappa shape index (κ1) is 14.1. The van der Waals surface area contributed by atoms with Gasteiger partial charge in [0.2, 0.25) is 0 Å². The average Bonchev–Trinajstić information content (AvgIpc) is 2.70. The van der Waals surface area contributed by atoms with E-state index in [1.165, 1.54) is 12.1 Å². The molecule has 0 spiro atoms. The van der Waals surface area contributed by atoms with Crippen LogP contribution in [0.15, 0.2) is 24.3 Å². The number of halogens is 4. The first-order valence-corrected chi connectivity index (χ1v) is 5.11. The van der Waals surface area contributed by atoms with Crippen molar-refractivity contribution in [3.05, 3.63) is 29.8 Å². The third kappa shape index (κ3) is 3.51. The van der Waals surface area contributed by atoms with Gasteiger partial charge in [-0.2, -0.15) is 13.2 Å². The van der Waals surface area contributed by atoms with Gasteiger partial charge in [-0.25, -0.2) is 0 Å². The van der Waals surface area contributed by atoms with Crippen LogP contribution in [0.4, 0.5) is 13.2 Å². The van der Waals surface area contributed by atoms with Crippen LogP contribution in [0, 0.1) is 0 Å². The topological polar surface area (TPSA) is 21.3 Å². The number of ether oxygens (including phenoxy) is 1. The maximum atomic E-state index is 12.6. The zero-order valence-electron chi connectivity index (χ0n) is 8.96. The Morgan fingerprint density at radius 3 is 2.53 bits per heavy atom. The van der Waals surface area contributed by atoms with Crippen molar-refractivity contribution in [2.24, 2.45) is 0 Å². The summed E-state index contributed by atoms with van der Waals surface area (Å²) in [6.07, 6.45) is -3.78. The summed E-state index contributed by atoms with van der Waals surface area (Å²) in [5.74, 6) is -0.0799. The van der Waals surface area contributed by atoms with Crippen LogP contribution in [0.3, 0.4) is 0 Å². The minimum atomic E-state index is -4.36. The lowest BCUT2D eigenvalue weighted by Gasteiger charge is -2.17. The molecule has 0 radical (unpaired) electrons. The third-order valence-corrected chi connectivity index (χ3v) is 2.50. The molecule has 1 N–H and O–H groups in total. The van der Waals surface area contributed by atoms with E-state index in [-0.39, 0.29) is 24.3 Å². The molecule has 0 unspecified atom stereocenters. The number of alkyl halides is 3. The van der Waals surface area contributed by atoms with E-state index in [2.05, 4.69) is 5.32 Å². The lowest BCUT2D eigenvalue weighted by atomic mass is 10.2. The van der Waals surface area contributed by atoms with Crippen molar-refractivity contribution in [3.63, 3.8) is 0 Å². The molecule has 2 nitrogen and oxygen atoms in total. The standard InChI is InChI=1S/C11H12F3NO.ClH/c12-11(13,14)9-3-1-2-4-10(9)16-8-5-6-15-7-8;/h1-4,8,15H,5-7H2;1H/t8-;/m0./s1. The summed E-state index contributed by atoms with van der Waals surface area (Å²) < 4.78 is 43.2. The first-order valence-electron chi connectivity index (χ1n) is 5.11. The summed E-state index contributed by atoms with van der Waals surface area (Å²) in [4.78, 5) is 0. The van der Waals surface area contributed by atoms with Gasteiger partial charge >= 0.3 is 6.18 Å². The minimum Gasteiger partial charge on any atom is -0.488 e. The molecule has 2 rings (SSSR count). The highest BCUT2D eigenvalue weighted by atomic mass is 35.5. The Morgan fingerprint density at radius 1 is 1.24 bits per heavy atom. The van der Waals surface area contributed by atoms with Gasteiger partial charge in [0.05, 0.1) is 5.56 Å². The molecule has 1 aromatic rings. The van der Waals surface area contributed by atoms with Gasteiger partial charge in [0.1, 0.15) is 11.9 Å². The first-order chi connectivity index (χ1) is 7.57. The van der Waals surface area contributed by atoms with Crippen LogP contribution in [0.25, 0.3) is 0 Å². The van der Waals surface area contributed by atoms with Gasteiger partial charge in [-0.05, 0) is 25.1 Å². The molecule has 1 aromatic carbocycles. The Bertz CT molecular complexity index is 364. The molecule has 1 fully saturated rings. The van der Waals surface area contributed by atoms with E-state index < -0.39 is 11.7 Å². The molecule has 0 amide bonds. The maximum Gasteiger partial charge on any atom is 0.419 e. The van der Waals surface area contributed by atoms with Crippen LogP contribution in [0.5, 0.6) is 5.75 Å². The van der Waals surface area contributed by atoms with Gasteiger partial charge in [-0.15, -0.1) is 12.4 Å². The molecule has 1 aliphatic rings. The second kappa shape index (κ2) is 5.60. The zero-order chi connectivity index (χ0) is 11.6. The number of hydrogen-bond donors (Lipinski definition) is 1. The second-order valence-electron chi connectivity index (χ2n) is 3.73. The molecule has 1 heterocycles. The molecule has 0 bridgehead atoms. The predicted molar refractivity (Wildman–Crippen MR) is 60.6 cm³/mol. The Kier molecular flexibility index (Phi) is 4.65. The normalized spacial score (nSPS) is 19.8. The van der Waals surface area contributed by atoms with Crippen LogP contribution in [-0.2, 0) is 6.18 Å². The Hall–Kier alpha value is -0.940. The molecule has 1 saturated heterocycles. The van der Waals surface area contributed by atoms with E-state index >= 15 is 0 Å². The predicted octanol–water partition coefficient (Wildman–Crippen LogP) is 2.87. The van der Waals surface area contributed by atoms with Crippen LogP contribution >= 0.6 is 12.4 Å². The SMILES string of the molecule is Cl.FC(F)(F)c1ccccc1O[C@H]1CCNC1. The van der Waals surface area contributed by atoms with Crippen molar-refractivity contribution < 1.29 is 17.9 Å². The molecule has 0 aliphatic carbocycles. The fourth-order valence-corrected chi connectivity index (χ4v) is 1.71. The molecule has 96 valence electrons. The molecule has 17 heavy (non-hydrogen) atoms. The van der Waals surface area contributed by atoms with E-state index in [0.29, 0.717) is 6.54 Å². The van der Waals surface area contributed by atoms with E-state index in [4.69, 9.17) is 4.74 Å². The highest BCUT2D eigenvalue weighted by Gasteiger charge is 2.34. The summed E-state index contributed by atoms with van der Waals surface area (Å²) in [6.45, 7) is 1.39. The monoisotopic (exact) mass is 267 g/mol. The molecule has 0 saturated carbocycles. The summed E-state index contributed by atoms with van der Waals surface area (Å²) in [6, 6.07) is 5.31. The highest BCUT2D eigenvalue weighted by molar-refractivity contribution is 5.85. The highest BCUT2D eigenvalue weighted by Crippen LogP contribution is 2.36. The second-order valence-corrected chi connectivity index (χ2v) is 3.73. The minimum absolute atomic E-state index is 0. The van der Waals surface area contributed by atoms with Gasteiger partial charge in [-0.1, -0.05) is 12.1 Å². The van der Waals surface area contributed by atoms with Gasteiger partial charge < -0.3 is 10.1 Å². The number of nitrogens with one attached hydrogen (secondary N) is 1. The van der Waals surface area contributed by atoms with E-state index in [1.807, 2.05) is 0 Å². The fraction of sp³-hybridized carbons (Fsp3) is 0.455. The third-order valence-electron chi connectivity index (χ3n) is 2.50. The Morgan fingerprint density at radius 2 is 1.94 bits per heavy atom. The largest absolute Gasteiger partial charge is 0.488 e. The van der Waals surface area contributed by atoms with Gasteiger partial charge in [0, 0.05) is 6.54 Å². The summed E-state index contributed by atoms with van der Waals surface area (Å²) in [5, 5.41) is 3.04. The zero-order valence-corrected chi connectivity index (χ0v) is 9.77. The van der Waals surface area contributed by atoms with Crippen molar-refractivity contribution in [2.75, 3.05) is 13.1 Å². The lowest BCUT2D eigenvalue weighted by Crippen LogP contribution is -2.21. The van der Waals surface area contributed by atoms with Crippen LogP contribution < -0.4 is 10.1 Å². The number of para-hydroxylation sites is 1. The number of benzene rings is 1. The fourth-order valence-electron chi connectivity index (χ4n) is 1.71. The van der Waals surface area contributed by atoms with Crippen LogP contribution in [0.1, 0.15) is 12.0 Å². The van der Waals surface area contributed by atoms with Crippen molar-refractivity contribution >= 4 is 12.4 Å². The Labute approximate surface area is 104 Å². The molecule has 1 atom stereocenters. The van der Waals surface area contributed by atoms with Gasteiger partial charge in [0.25, 0.3) is 0 Å². The molecular weight excluding hydrogens is 255 g/mol. The van der Waals surface area contributed by atoms with Crippen molar-refractivity contribution in [1.82, 2.24) is 5.32 Å². The quantitative estimate of drug-likeness (QED) is 0.890. The smallest absolute Gasteiger partial charge is 0.419 e. The number of hydrogen-bond acceptors (Lipinski definition) is 2. The van der Waals surface area contributed by atoms with Crippen LogP contribution in [0.2, 0.25) is 0 Å². The molecule has 1 aliphatic heterocycles. The summed E-state index contributed by atoms with van der Waals surface area (Å²) >= 11 is 0. The number of rotatable bonds is 2. The van der Waals surface area contributed by atoms with Crippen molar-refractivity contribution in [2.45, 2.75) is 18.7 Å². The maximum absolute atomic E-state index is 12.6. The van der Waals surface area contributed by atoms with Gasteiger partial charge in [-0.3, -0.25) is 0 Å². The average molecular weight is 268 g/mol. The van der Waals surface area contributed by atoms with Crippen molar-refractivity contribution in [3.8, 4) is 5.75 Å². The van der Waals surface area contributed by atoms with E-state index in [1.54, 1.807) is 6.07 Å². The van der Waals surface area contributed by atoms with Gasteiger partial charge in [0.15, 0.2) is 0 Å². The molecule has 0 aromatic heterocycles. The lowest BCUT2D eigenvalue weighted by molar-refractivity contribution is -0.139. The summed E-state index contributed by atoms with van der Waals surface area (Å²) in [5.41, 5.74) is -0.707. The summed E-state index contributed by atoms with van der Waals surface area (Å²) in [7, 11) is 0. The Balaban J connectivity index is 0.00000144. The van der Waals surface area contributed by atoms with E-state index in [9.17, 15) is 13.2 Å².